The number of hydrogen-bond donors (Lipinski definition) is 2. The molecule has 0 aliphatic heterocycles. The van der Waals surface area contributed by atoms with Crippen LogP contribution in [0.25, 0.3) is 10.8 Å². The van der Waals surface area contributed by atoms with Crippen LogP contribution in [-0.2, 0) is 0 Å². The van der Waals surface area contributed by atoms with Gasteiger partial charge in [0.2, 0.25) is 0 Å². The van der Waals surface area contributed by atoms with Crippen molar-refractivity contribution in [2.45, 2.75) is 6.92 Å². The molecule has 1 aromatic heterocycles. The third-order valence-electron chi connectivity index (χ3n) is 3.43. The van der Waals surface area contributed by atoms with Gasteiger partial charge in [-0.3, -0.25) is 0 Å². The summed E-state index contributed by atoms with van der Waals surface area (Å²) in [5, 5.41) is 19.0. The molecule has 114 valence electrons. The molecule has 6 nitrogen and oxygen atoms in total. The summed E-state index contributed by atoms with van der Waals surface area (Å²) in [6.45, 7) is 1.99. The number of nitrogen functional groups attached to an aromatic ring is 1. The molecule has 0 saturated heterocycles. The summed E-state index contributed by atoms with van der Waals surface area (Å²) >= 11 is 0. The maximum Gasteiger partial charge on any atom is 0.335 e. The first-order valence-electron chi connectivity index (χ1n) is 6.94. The zero-order chi connectivity index (χ0) is 16.4. The van der Waals surface area contributed by atoms with E-state index in [1.807, 2.05) is 25.1 Å². The Hall–Kier alpha value is -3.28. The minimum Gasteiger partial charge on any atom is -0.478 e. The van der Waals surface area contributed by atoms with Crippen LogP contribution in [-0.4, -0.2) is 16.1 Å². The molecule has 0 amide bonds. The number of fused-ring (bicyclic) bond motifs is 1. The van der Waals surface area contributed by atoms with Gasteiger partial charge in [-0.25, -0.2) is 9.78 Å². The second-order valence-electron chi connectivity index (χ2n) is 5.13. The number of nitrogens with zero attached hydrogens (tertiary/aromatic N) is 3. The number of carbonyl (C=O) groups is 1. The number of benzene rings is 2. The van der Waals surface area contributed by atoms with Crippen molar-refractivity contribution in [2.75, 3.05) is 5.73 Å². The molecule has 0 radical (unpaired) electrons. The van der Waals surface area contributed by atoms with E-state index in [1.54, 1.807) is 18.3 Å². The fourth-order valence-electron chi connectivity index (χ4n) is 2.21. The van der Waals surface area contributed by atoms with Crippen molar-refractivity contribution >= 4 is 33.9 Å². The third-order valence-corrected chi connectivity index (χ3v) is 3.43. The maximum atomic E-state index is 10.8. The molecule has 0 saturated carbocycles. The highest BCUT2D eigenvalue weighted by Gasteiger charge is 2.07. The highest BCUT2D eigenvalue weighted by atomic mass is 16.4. The van der Waals surface area contributed by atoms with E-state index in [4.69, 9.17) is 10.8 Å². The van der Waals surface area contributed by atoms with Crippen LogP contribution in [0.15, 0.2) is 58.9 Å². The number of carboxylic acid groups (broad SMARTS) is 1. The van der Waals surface area contributed by atoms with Gasteiger partial charge in [-0.2, -0.15) is 5.11 Å². The van der Waals surface area contributed by atoms with Crippen molar-refractivity contribution in [1.82, 2.24) is 4.98 Å². The van der Waals surface area contributed by atoms with Crippen molar-refractivity contribution in [3.8, 4) is 0 Å². The van der Waals surface area contributed by atoms with Crippen molar-refractivity contribution in [1.29, 1.82) is 0 Å². The number of hydrogen-bond acceptors (Lipinski definition) is 5. The number of aromatic carboxylic acids is 1. The van der Waals surface area contributed by atoms with E-state index in [1.165, 1.54) is 12.1 Å². The summed E-state index contributed by atoms with van der Waals surface area (Å²) in [5.74, 6) is -0.680. The van der Waals surface area contributed by atoms with Gasteiger partial charge in [0.1, 0.15) is 5.69 Å². The largest absolute Gasteiger partial charge is 0.478 e. The quantitative estimate of drug-likeness (QED) is 0.706. The normalized spacial score (nSPS) is 11.2. The Morgan fingerprint density at radius 2 is 1.87 bits per heavy atom. The molecular formula is C17H14N4O2. The van der Waals surface area contributed by atoms with Crippen molar-refractivity contribution in [3.63, 3.8) is 0 Å². The van der Waals surface area contributed by atoms with Gasteiger partial charge < -0.3 is 10.8 Å². The van der Waals surface area contributed by atoms with Crippen LogP contribution in [0.1, 0.15) is 15.9 Å². The lowest BCUT2D eigenvalue weighted by Crippen LogP contribution is -1.94. The Morgan fingerprint density at radius 1 is 1.13 bits per heavy atom. The van der Waals surface area contributed by atoms with Gasteiger partial charge in [0.25, 0.3) is 0 Å². The molecule has 0 bridgehead atoms. The maximum absolute atomic E-state index is 10.8. The summed E-state index contributed by atoms with van der Waals surface area (Å²) in [4.78, 5) is 15.0. The van der Waals surface area contributed by atoms with Crippen LogP contribution >= 0.6 is 0 Å². The Labute approximate surface area is 132 Å². The van der Waals surface area contributed by atoms with Crippen molar-refractivity contribution < 1.29 is 9.90 Å². The van der Waals surface area contributed by atoms with Crippen LogP contribution in [0.3, 0.4) is 0 Å². The lowest BCUT2D eigenvalue weighted by molar-refractivity contribution is 0.0697. The number of aromatic nitrogens is 1. The predicted octanol–water partition coefficient (Wildman–Crippen LogP) is 4.24. The van der Waals surface area contributed by atoms with E-state index in [9.17, 15) is 4.79 Å². The number of pyridine rings is 1. The molecule has 0 unspecified atom stereocenters. The van der Waals surface area contributed by atoms with E-state index in [0.717, 1.165) is 16.3 Å². The molecule has 3 N–H and O–H groups in total. The minimum atomic E-state index is -0.980. The summed E-state index contributed by atoms with van der Waals surface area (Å²) in [6.07, 6.45) is 1.70. The van der Waals surface area contributed by atoms with Gasteiger partial charge in [0, 0.05) is 17.0 Å². The highest BCUT2D eigenvalue weighted by Crippen LogP contribution is 2.32. The fourth-order valence-corrected chi connectivity index (χ4v) is 2.21. The van der Waals surface area contributed by atoms with Gasteiger partial charge in [-0.15, -0.1) is 5.11 Å². The average Bonchev–Trinajstić information content (AvgIpc) is 2.54. The Kier molecular flexibility index (Phi) is 3.72. The number of aryl methyl sites for hydroxylation is 1. The summed E-state index contributed by atoms with van der Waals surface area (Å²) in [7, 11) is 0. The average molecular weight is 306 g/mol. The fraction of sp³-hybridized carbons (Fsp3) is 0.0588. The molecule has 1 heterocycles. The monoisotopic (exact) mass is 306 g/mol. The molecule has 0 aliphatic carbocycles. The SMILES string of the molecule is Cc1ccc2cnc(N)c(/N=N/c3ccc(C(=O)O)cc3)c2c1. The summed E-state index contributed by atoms with van der Waals surface area (Å²) in [5.41, 5.74) is 8.26. The molecule has 3 aromatic rings. The lowest BCUT2D eigenvalue weighted by Gasteiger charge is -2.05. The van der Waals surface area contributed by atoms with Gasteiger partial charge >= 0.3 is 5.97 Å². The number of anilines is 1. The molecule has 0 spiro atoms. The predicted molar refractivity (Wildman–Crippen MR) is 88.5 cm³/mol. The molecular weight excluding hydrogens is 292 g/mol. The molecule has 0 fully saturated rings. The van der Waals surface area contributed by atoms with Crippen LogP contribution in [0.2, 0.25) is 0 Å². The second-order valence-corrected chi connectivity index (χ2v) is 5.13. The first-order chi connectivity index (χ1) is 11.0. The van der Waals surface area contributed by atoms with E-state index >= 15 is 0 Å². The zero-order valence-electron chi connectivity index (χ0n) is 12.4. The second kappa shape index (κ2) is 5.84. The zero-order valence-corrected chi connectivity index (χ0v) is 12.4. The van der Waals surface area contributed by atoms with Gasteiger partial charge in [-0.1, -0.05) is 17.7 Å². The number of carboxylic acids is 1. The van der Waals surface area contributed by atoms with E-state index in [-0.39, 0.29) is 5.56 Å². The Morgan fingerprint density at radius 3 is 2.57 bits per heavy atom. The van der Waals surface area contributed by atoms with E-state index in [0.29, 0.717) is 17.2 Å². The minimum absolute atomic E-state index is 0.200. The first-order valence-corrected chi connectivity index (χ1v) is 6.94. The van der Waals surface area contributed by atoms with Gasteiger partial charge in [-0.05, 0) is 37.3 Å². The highest BCUT2D eigenvalue weighted by molar-refractivity contribution is 5.96. The smallest absolute Gasteiger partial charge is 0.335 e. The van der Waals surface area contributed by atoms with Gasteiger partial charge in [0.15, 0.2) is 5.82 Å². The van der Waals surface area contributed by atoms with Crippen LogP contribution in [0.4, 0.5) is 17.2 Å². The molecule has 0 atom stereocenters. The molecule has 23 heavy (non-hydrogen) atoms. The molecule has 6 heteroatoms. The van der Waals surface area contributed by atoms with Gasteiger partial charge in [0.05, 0.1) is 11.3 Å². The van der Waals surface area contributed by atoms with E-state index in [2.05, 4.69) is 15.2 Å². The van der Waals surface area contributed by atoms with Crippen LogP contribution < -0.4 is 5.73 Å². The molecule has 2 aromatic carbocycles. The number of nitrogens with two attached hydrogens (primary N) is 1. The number of rotatable bonds is 3. The standard InChI is InChI=1S/C17H14N4O2/c1-10-2-3-12-9-19-16(18)15(14(12)8-10)21-20-13-6-4-11(5-7-13)17(22)23/h2-9H,1H3,(H2,18,19)(H,22,23)/b21-20+. The third kappa shape index (κ3) is 3.01. The van der Waals surface area contributed by atoms with Crippen LogP contribution in [0, 0.1) is 6.92 Å². The Balaban J connectivity index is 2.01. The summed E-state index contributed by atoms with van der Waals surface area (Å²) < 4.78 is 0. The number of azo groups is 1. The Bertz CT molecular complexity index is 913. The van der Waals surface area contributed by atoms with Crippen molar-refractivity contribution in [3.05, 3.63) is 59.8 Å². The van der Waals surface area contributed by atoms with Crippen LogP contribution in [0.5, 0.6) is 0 Å². The van der Waals surface area contributed by atoms with Crippen molar-refractivity contribution in [2.24, 2.45) is 10.2 Å². The summed E-state index contributed by atoms with van der Waals surface area (Å²) in [6, 6.07) is 12.1. The van der Waals surface area contributed by atoms with E-state index < -0.39 is 5.97 Å². The topological polar surface area (TPSA) is 101 Å². The first kappa shape index (κ1) is 14.6. The lowest BCUT2D eigenvalue weighted by atomic mass is 10.1. The molecule has 0 aliphatic rings. The molecule has 3 rings (SSSR count).